The molecule has 0 unspecified atom stereocenters. The minimum atomic E-state index is 0.0493. The third-order valence-electron chi connectivity index (χ3n) is 3.83. The molecule has 0 aliphatic heterocycles. The summed E-state index contributed by atoms with van der Waals surface area (Å²) in [5.41, 5.74) is 2.01. The molecule has 2 aromatic heterocycles. The number of benzene rings is 1. The molecule has 0 spiro atoms. The lowest BCUT2D eigenvalue weighted by Gasteiger charge is -2.12. The fraction of sp³-hybridized carbons (Fsp3) is 0.333. The number of nitrogens with zero attached hydrogens (tertiary/aromatic N) is 2. The SMILES string of the molecule is COc1ccc(-c2csc3nc(C)n(CC(C)C)c(=O)c23)cc1. The molecule has 4 nitrogen and oxygen atoms in total. The fourth-order valence-electron chi connectivity index (χ4n) is 2.69. The van der Waals surface area contributed by atoms with Crippen LogP contribution in [0.4, 0.5) is 0 Å². The average molecular weight is 328 g/mol. The fourth-order valence-corrected chi connectivity index (χ4v) is 3.67. The number of methoxy groups -OCH3 is 1. The standard InChI is InChI=1S/C18H20N2O2S/c1-11(2)9-20-12(3)19-17-16(18(20)21)15(10-23-17)13-5-7-14(22-4)8-6-13/h5-8,10-11H,9H2,1-4H3. The molecular formula is C18H20N2O2S. The molecule has 0 bridgehead atoms. The highest BCUT2D eigenvalue weighted by Gasteiger charge is 2.16. The zero-order valence-electron chi connectivity index (χ0n) is 13.8. The van der Waals surface area contributed by atoms with Crippen LogP contribution in [0.3, 0.4) is 0 Å². The first-order valence-electron chi connectivity index (χ1n) is 7.64. The summed E-state index contributed by atoms with van der Waals surface area (Å²) < 4.78 is 6.99. The van der Waals surface area contributed by atoms with E-state index in [9.17, 15) is 4.79 Å². The summed E-state index contributed by atoms with van der Waals surface area (Å²) in [4.78, 5) is 18.4. The number of aryl methyl sites for hydroxylation is 1. The zero-order chi connectivity index (χ0) is 16.6. The van der Waals surface area contributed by atoms with Crippen molar-refractivity contribution in [1.82, 2.24) is 9.55 Å². The quantitative estimate of drug-likeness (QED) is 0.724. The van der Waals surface area contributed by atoms with E-state index in [1.54, 1.807) is 11.7 Å². The molecule has 120 valence electrons. The molecule has 23 heavy (non-hydrogen) atoms. The molecule has 0 saturated heterocycles. The van der Waals surface area contributed by atoms with Gasteiger partial charge in [-0.15, -0.1) is 11.3 Å². The van der Waals surface area contributed by atoms with Gasteiger partial charge in [-0.25, -0.2) is 4.98 Å². The van der Waals surface area contributed by atoms with E-state index in [2.05, 4.69) is 18.8 Å². The van der Waals surface area contributed by atoms with Crippen LogP contribution in [0.1, 0.15) is 19.7 Å². The van der Waals surface area contributed by atoms with E-state index in [1.165, 1.54) is 11.3 Å². The van der Waals surface area contributed by atoms with Gasteiger partial charge in [0.2, 0.25) is 0 Å². The van der Waals surface area contributed by atoms with Crippen LogP contribution in [0, 0.1) is 12.8 Å². The van der Waals surface area contributed by atoms with Gasteiger partial charge in [-0.2, -0.15) is 0 Å². The van der Waals surface area contributed by atoms with Crippen molar-refractivity contribution >= 4 is 21.6 Å². The maximum Gasteiger partial charge on any atom is 0.262 e. The molecule has 3 rings (SSSR count). The summed E-state index contributed by atoms with van der Waals surface area (Å²) in [5.74, 6) is 1.98. The predicted octanol–water partition coefficient (Wildman–Crippen LogP) is 4.10. The van der Waals surface area contributed by atoms with Crippen molar-refractivity contribution in [2.75, 3.05) is 7.11 Å². The molecule has 0 saturated carbocycles. The Hall–Kier alpha value is -2.14. The molecular weight excluding hydrogens is 308 g/mol. The number of ether oxygens (including phenoxy) is 1. The van der Waals surface area contributed by atoms with Crippen LogP contribution in [0.15, 0.2) is 34.4 Å². The Bertz CT molecular complexity index is 892. The zero-order valence-corrected chi connectivity index (χ0v) is 14.6. The van der Waals surface area contributed by atoms with Crippen molar-refractivity contribution in [3.05, 3.63) is 45.8 Å². The largest absolute Gasteiger partial charge is 0.497 e. The van der Waals surface area contributed by atoms with Gasteiger partial charge >= 0.3 is 0 Å². The van der Waals surface area contributed by atoms with E-state index in [4.69, 9.17) is 4.74 Å². The predicted molar refractivity (Wildman–Crippen MR) is 95.4 cm³/mol. The second-order valence-corrected chi connectivity index (χ2v) is 6.88. The summed E-state index contributed by atoms with van der Waals surface area (Å²) in [6, 6.07) is 7.78. The smallest absolute Gasteiger partial charge is 0.262 e. The van der Waals surface area contributed by atoms with Gasteiger partial charge in [-0.05, 0) is 30.5 Å². The normalized spacial score (nSPS) is 11.3. The van der Waals surface area contributed by atoms with Crippen LogP contribution < -0.4 is 10.3 Å². The lowest BCUT2D eigenvalue weighted by atomic mass is 10.1. The molecule has 1 aromatic carbocycles. The lowest BCUT2D eigenvalue weighted by molar-refractivity contribution is 0.415. The Balaban J connectivity index is 2.20. The molecule has 3 aromatic rings. The van der Waals surface area contributed by atoms with Crippen molar-refractivity contribution in [2.24, 2.45) is 5.92 Å². The maximum atomic E-state index is 13.0. The van der Waals surface area contributed by atoms with Crippen molar-refractivity contribution < 1.29 is 4.74 Å². The second kappa shape index (κ2) is 6.16. The van der Waals surface area contributed by atoms with Crippen LogP contribution in [0.2, 0.25) is 0 Å². The third-order valence-corrected chi connectivity index (χ3v) is 4.71. The Morgan fingerprint density at radius 1 is 1.26 bits per heavy atom. The van der Waals surface area contributed by atoms with Crippen molar-refractivity contribution in [3.8, 4) is 16.9 Å². The monoisotopic (exact) mass is 328 g/mol. The molecule has 0 fully saturated rings. The van der Waals surface area contributed by atoms with Crippen LogP contribution in [-0.4, -0.2) is 16.7 Å². The Kier molecular flexibility index (Phi) is 4.22. The van der Waals surface area contributed by atoms with E-state index >= 15 is 0 Å². The van der Waals surface area contributed by atoms with E-state index < -0.39 is 0 Å². The van der Waals surface area contributed by atoms with Gasteiger partial charge in [0.1, 0.15) is 16.4 Å². The van der Waals surface area contributed by atoms with E-state index in [0.29, 0.717) is 17.8 Å². The first-order chi connectivity index (χ1) is 11.0. The Morgan fingerprint density at radius 2 is 1.96 bits per heavy atom. The van der Waals surface area contributed by atoms with Gasteiger partial charge in [0.25, 0.3) is 5.56 Å². The highest BCUT2D eigenvalue weighted by Crippen LogP contribution is 2.32. The summed E-state index contributed by atoms with van der Waals surface area (Å²) >= 11 is 1.52. The van der Waals surface area contributed by atoms with Crippen molar-refractivity contribution in [2.45, 2.75) is 27.3 Å². The van der Waals surface area contributed by atoms with Crippen LogP contribution in [0.5, 0.6) is 5.75 Å². The highest BCUT2D eigenvalue weighted by atomic mass is 32.1. The van der Waals surface area contributed by atoms with Gasteiger partial charge in [0.15, 0.2) is 0 Å². The molecule has 5 heteroatoms. The van der Waals surface area contributed by atoms with Gasteiger partial charge in [0.05, 0.1) is 12.5 Å². The van der Waals surface area contributed by atoms with Crippen LogP contribution in [0.25, 0.3) is 21.3 Å². The molecule has 0 amide bonds. The number of thiophene rings is 1. The number of fused-ring (bicyclic) bond motifs is 1. The Labute approximate surface area is 139 Å². The lowest BCUT2D eigenvalue weighted by Crippen LogP contribution is -2.25. The average Bonchev–Trinajstić information content (AvgIpc) is 2.95. The molecule has 0 aliphatic rings. The number of rotatable bonds is 4. The summed E-state index contributed by atoms with van der Waals surface area (Å²) in [6.07, 6.45) is 0. The van der Waals surface area contributed by atoms with E-state index in [0.717, 1.165) is 27.5 Å². The summed E-state index contributed by atoms with van der Waals surface area (Å²) in [6.45, 7) is 6.80. The van der Waals surface area contributed by atoms with Gasteiger partial charge in [-0.1, -0.05) is 26.0 Å². The first kappa shape index (κ1) is 15.7. The van der Waals surface area contributed by atoms with Gasteiger partial charge in [-0.3, -0.25) is 9.36 Å². The minimum absolute atomic E-state index is 0.0493. The van der Waals surface area contributed by atoms with Gasteiger partial charge in [0, 0.05) is 17.5 Å². The topological polar surface area (TPSA) is 44.1 Å². The summed E-state index contributed by atoms with van der Waals surface area (Å²) in [5, 5.41) is 2.73. The molecule has 0 radical (unpaired) electrons. The maximum absolute atomic E-state index is 13.0. The molecule has 2 heterocycles. The number of hydrogen-bond acceptors (Lipinski definition) is 4. The Morgan fingerprint density at radius 3 is 2.57 bits per heavy atom. The van der Waals surface area contributed by atoms with Crippen molar-refractivity contribution in [3.63, 3.8) is 0 Å². The van der Waals surface area contributed by atoms with E-state index in [-0.39, 0.29) is 5.56 Å². The summed E-state index contributed by atoms with van der Waals surface area (Å²) in [7, 11) is 1.65. The van der Waals surface area contributed by atoms with Crippen LogP contribution in [-0.2, 0) is 6.54 Å². The van der Waals surface area contributed by atoms with Crippen LogP contribution >= 0.6 is 11.3 Å². The number of hydrogen-bond donors (Lipinski definition) is 0. The third kappa shape index (κ3) is 2.88. The minimum Gasteiger partial charge on any atom is -0.497 e. The molecule has 0 N–H and O–H groups in total. The highest BCUT2D eigenvalue weighted by molar-refractivity contribution is 7.17. The molecule has 0 aliphatic carbocycles. The molecule has 0 atom stereocenters. The first-order valence-corrected chi connectivity index (χ1v) is 8.52. The van der Waals surface area contributed by atoms with E-state index in [1.807, 2.05) is 36.6 Å². The second-order valence-electron chi connectivity index (χ2n) is 6.03. The van der Waals surface area contributed by atoms with Crippen molar-refractivity contribution in [1.29, 1.82) is 0 Å². The number of aromatic nitrogens is 2. The van der Waals surface area contributed by atoms with Gasteiger partial charge < -0.3 is 4.74 Å².